The lowest BCUT2D eigenvalue weighted by atomic mass is 10.2. The molecule has 0 aliphatic rings. The molecule has 1 heterocycles. The van der Waals surface area contributed by atoms with E-state index < -0.39 is 0 Å². The molecule has 0 unspecified atom stereocenters. The van der Waals surface area contributed by atoms with Crippen molar-refractivity contribution >= 4 is 11.6 Å². The summed E-state index contributed by atoms with van der Waals surface area (Å²) in [6, 6.07) is 13.1. The molecule has 0 aliphatic heterocycles. The Balaban J connectivity index is 2.30. The molecular weight excluding hydrogens is 210 g/mol. The van der Waals surface area contributed by atoms with Crippen LogP contribution in [0.1, 0.15) is 5.76 Å². The summed E-state index contributed by atoms with van der Waals surface area (Å²) in [6.07, 6.45) is 0.299. The minimum atomic E-state index is 0.299. The Morgan fingerprint density at radius 3 is 2.53 bits per heavy atom. The molecule has 0 fully saturated rings. The van der Waals surface area contributed by atoms with Gasteiger partial charge in [0.15, 0.2) is 0 Å². The first-order chi connectivity index (χ1) is 7.29. The van der Waals surface area contributed by atoms with E-state index >= 15 is 0 Å². The van der Waals surface area contributed by atoms with Crippen LogP contribution in [0.15, 0.2) is 40.8 Å². The van der Waals surface area contributed by atoms with Crippen molar-refractivity contribution in [3.8, 4) is 17.4 Å². The molecule has 0 atom stereocenters. The molecule has 2 nitrogen and oxygen atoms in total. The largest absolute Gasteiger partial charge is 0.460 e. The minimum Gasteiger partial charge on any atom is -0.460 e. The first-order valence-corrected chi connectivity index (χ1v) is 4.89. The zero-order chi connectivity index (χ0) is 10.7. The Hall–Kier alpha value is -1.72. The third kappa shape index (κ3) is 2.20. The van der Waals surface area contributed by atoms with Crippen LogP contribution < -0.4 is 0 Å². The van der Waals surface area contributed by atoms with Gasteiger partial charge in [0.25, 0.3) is 0 Å². The number of furan rings is 1. The summed E-state index contributed by atoms with van der Waals surface area (Å²) in [5.74, 6) is 1.44. The highest BCUT2D eigenvalue weighted by Crippen LogP contribution is 2.23. The van der Waals surface area contributed by atoms with Gasteiger partial charge in [-0.05, 0) is 36.4 Å². The molecule has 0 aliphatic carbocycles. The predicted molar refractivity (Wildman–Crippen MR) is 58.5 cm³/mol. The fraction of sp³-hybridized carbons (Fsp3) is 0.0833. The van der Waals surface area contributed by atoms with Crippen molar-refractivity contribution in [3.05, 3.63) is 47.2 Å². The Kier molecular flexibility index (Phi) is 2.75. The fourth-order valence-corrected chi connectivity index (χ4v) is 1.45. The molecular formula is C12H8ClNO. The fourth-order valence-electron chi connectivity index (χ4n) is 1.32. The van der Waals surface area contributed by atoms with E-state index in [1.165, 1.54) is 0 Å². The highest BCUT2D eigenvalue weighted by molar-refractivity contribution is 6.30. The van der Waals surface area contributed by atoms with E-state index in [9.17, 15) is 0 Å². The number of nitriles is 1. The lowest BCUT2D eigenvalue weighted by molar-refractivity contribution is 0.538. The molecule has 74 valence electrons. The predicted octanol–water partition coefficient (Wildman–Crippen LogP) is 3.67. The maximum Gasteiger partial charge on any atom is 0.134 e. The lowest BCUT2D eigenvalue weighted by Crippen LogP contribution is -1.74. The van der Waals surface area contributed by atoms with Crippen molar-refractivity contribution in [2.75, 3.05) is 0 Å². The van der Waals surface area contributed by atoms with Crippen LogP contribution in [0.2, 0.25) is 5.02 Å². The van der Waals surface area contributed by atoms with E-state index in [0.29, 0.717) is 17.2 Å². The molecule has 0 spiro atoms. The highest BCUT2D eigenvalue weighted by atomic mass is 35.5. The maximum absolute atomic E-state index is 8.51. The van der Waals surface area contributed by atoms with E-state index in [2.05, 4.69) is 0 Å². The first-order valence-electron chi connectivity index (χ1n) is 4.51. The van der Waals surface area contributed by atoms with Crippen LogP contribution in [-0.2, 0) is 6.42 Å². The number of nitrogens with zero attached hydrogens (tertiary/aromatic N) is 1. The van der Waals surface area contributed by atoms with Crippen molar-refractivity contribution < 1.29 is 4.42 Å². The van der Waals surface area contributed by atoms with Gasteiger partial charge in [0, 0.05) is 10.6 Å². The molecule has 0 amide bonds. The zero-order valence-electron chi connectivity index (χ0n) is 7.90. The number of rotatable bonds is 2. The summed E-state index contributed by atoms with van der Waals surface area (Å²) < 4.78 is 5.48. The van der Waals surface area contributed by atoms with E-state index in [1.54, 1.807) is 0 Å². The van der Waals surface area contributed by atoms with Gasteiger partial charge in [0.2, 0.25) is 0 Å². The van der Waals surface area contributed by atoms with Crippen molar-refractivity contribution in [1.82, 2.24) is 0 Å². The van der Waals surface area contributed by atoms with Gasteiger partial charge >= 0.3 is 0 Å². The SMILES string of the molecule is N#CCc1ccc(-c2ccc(Cl)cc2)o1. The maximum atomic E-state index is 8.51. The lowest BCUT2D eigenvalue weighted by Gasteiger charge is -1.96. The standard InChI is InChI=1S/C12H8ClNO/c13-10-3-1-9(2-4-10)12-6-5-11(15-12)7-8-14/h1-6H,7H2. The van der Waals surface area contributed by atoms with Crippen molar-refractivity contribution in [2.24, 2.45) is 0 Å². The Labute approximate surface area is 92.7 Å². The molecule has 15 heavy (non-hydrogen) atoms. The summed E-state index contributed by atoms with van der Waals surface area (Å²) in [4.78, 5) is 0. The van der Waals surface area contributed by atoms with E-state index in [0.717, 1.165) is 11.3 Å². The second kappa shape index (κ2) is 4.20. The van der Waals surface area contributed by atoms with Crippen LogP contribution in [0.5, 0.6) is 0 Å². The van der Waals surface area contributed by atoms with Gasteiger partial charge in [-0.1, -0.05) is 11.6 Å². The van der Waals surface area contributed by atoms with Gasteiger partial charge in [-0.25, -0.2) is 0 Å². The Bertz CT molecular complexity index is 493. The number of benzene rings is 1. The Morgan fingerprint density at radius 2 is 1.87 bits per heavy atom. The van der Waals surface area contributed by atoms with Crippen LogP contribution in [0.3, 0.4) is 0 Å². The summed E-state index contributed by atoms with van der Waals surface area (Å²) in [5, 5.41) is 9.21. The number of hydrogen-bond donors (Lipinski definition) is 0. The smallest absolute Gasteiger partial charge is 0.134 e. The van der Waals surface area contributed by atoms with Crippen molar-refractivity contribution in [2.45, 2.75) is 6.42 Å². The molecule has 0 saturated carbocycles. The third-order valence-corrected chi connectivity index (χ3v) is 2.30. The topological polar surface area (TPSA) is 36.9 Å². The Morgan fingerprint density at radius 1 is 1.13 bits per heavy atom. The van der Waals surface area contributed by atoms with Crippen LogP contribution >= 0.6 is 11.6 Å². The van der Waals surface area contributed by atoms with Gasteiger partial charge < -0.3 is 4.42 Å². The van der Waals surface area contributed by atoms with Crippen molar-refractivity contribution in [1.29, 1.82) is 5.26 Å². The third-order valence-electron chi connectivity index (χ3n) is 2.04. The van der Waals surface area contributed by atoms with E-state index in [-0.39, 0.29) is 0 Å². The first kappa shape index (κ1) is 9.82. The van der Waals surface area contributed by atoms with Gasteiger partial charge in [-0.3, -0.25) is 0 Å². The van der Waals surface area contributed by atoms with Gasteiger partial charge in [-0.15, -0.1) is 0 Å². The molecule has 2 aromatic rings. The summed E-state index contributed by atoms with van der Waals surface area (Å²) in [6.45, 7) is 0. The molecule has 1 aromatic carbocycles. The zero-order valence-corrected chi connectivity index (χ0v) is 8.66. The second-order valence-corrected chi connectivity index (χ2v) is 3.54. The number of hydrogen-bond acceptors (Lipinski definition) is 2. The van der Waals surface area contributed by atoms with Crippen LogP contribution in [-0.4, -0.2) is 0 Å². The minimum absolute atomic E-state index is 0.299. The molecule has 0 bridgehead atoms. The average molecular weight is 218 g/mol. The van der Waals surface area contributed by atoms with E-state index in [4.69, 9.17) is 21.3 Å². The van der Waals surface area contributed by atoms with Crippen LogP contribution in [0.4, 0.5) is 0 Å². The molecule has 2 rings (SSSR count). The molecule has 0 saturated heterocycles. The van der Waals surface area contributed by atoms with Crippen molar-refractivity contribution in [3.63, 3.8) is 0 Å². The normalized spacial score (nSPS) is 9.87. The van der Waals surface area contributed by atoms with Crippen LogP contribution in [0.25, 0.3) is 11.3 Å². The molecule has 0 radical (unpaired) electrons. The summed E-state index contributed by atoms with van der Waals surface area (Å²) in [7, 11) is 0. The molecule has 1 aromatic heterocycles. The molecule has 3 heteroatoms. The van der Waals surface area contributed by atoms with Gasteiger partial charge in [0.1, 0.15) is 11.5 Å². The quantitative estimate of drug-likeness (QED) is 0.770. The molecule has 0 N–H and O–H groups in total. The second-order valence-electron chi connectivity index (χ2n) is 3.11. The summed E-state index contributed by atoms with van der Waals surface area (Å²) in [5.41, 5.74) is 0.962. The monoisotopic (exact) mass is 217 g/mol. The van der Waals surface area contributed by atoms with Gasteiger partial charge in [0.05, 0.1) is 12.5 Å². The van der Waals surface area contributed by atoms with Gasteiger partial charge in [-0.2, -0.15) is 5.26 Å². The number of halogens is 1. The highest BCUT2D eigenvalue weighted by Gasteiger charge is 2.03. The van der Waals surface area contributed by atoms with E-state index in [1.807, 2.05) is 42.5 Å². The average Bonchev–Trinajstić information content (AvgIpc) is 2.68. The van der Waals surface area contributed by atoms with Crippen LogP contribution in [0, 0.1) is 11.3 Å². The summed E-state index contributed by atoms with van der Waals surface area (Å²) >= 11 is 5.78.